The van der Waals surface area contributed by atoms with Crippen molar-refractivity contribution in [3.63, 3.8) is 0 Å². The van der Waals surface area contributed by atoms with Gasteiger partial charge in [0.2, 0.25) is 0 Å². The van der Waals surface area contributed by atoms with Crippen LogP contribution >= 0.6 is 27.3 Å². The summed E-state index contributed by atoms with van der Waals surface area (Å²) in [4.78, 5) is 8.97. The highest BCUT2D eigenvalue weighted by atomic mass is 79.9. The Morgan fingerprint density at radius 1 is 1.53 bits per heavy atom. The summed E-state index contributed by atoms with van der Waals surface area (Å²) in [5.41, 5.74) is 1.98. The lowest BCUT2D eigenvalue weighted by Crippen LogP contribution is -2.17. The van der Waals surface area contributed by atoms with Crippen molar-refractivity contribution in [2.75, 3.05) is 6.54 Å². The van der Waals surface area contributed by atoms with E-state index in [2.05, 4.69) is 50.4 Å². The molecule has 5 heteroatoms. The van der Waals surface area contributed by atoms with Crippen LogP contribution in [0.4, 0.5) is 0 Å². The number of nitrogens with one attached hydrogen (secondary N) is 1. The third-order valence-electron chi connectivity index (χ3n) is 2.44. The van der Waals surface area contributed by atoms with Crippen LogP contribution in [0.5, 0.6) is 0 Å². The van der Waals surface area contributed by atoms with E-state index in [1.807, 2.05) is 12.1 Å². The minimum absolute atomic E-state index is 0.285. The average Bonchev–Trinajstić information content (AvgIpc) is 2.79. The quantitative estimate of drug-likeness (QED) is 0.936. The Morgan fingerprint density at radius 3 is 3.06 bits per heavy atom. The lowest BCUT2D eigenvalue weighted by atomic mass is 10.2. The van der Waals surface area contributed by atoms with Gasteiger partial charge in [-0.05, 0) is 41.5 Å². The molecule has 1 unspecified atom stereocenters. The topological polar surface area (TPSA) is 37.8 Å². The Balaban J connectivity index is 2.27. The standard InChI is InChI=1S/C12H14BrN3S/c1-3-14-8(2)10-7-17-12(16-10)11-9(13)5-4-6-15-11/h4-8,14H,3H2,1-2H3. The lowest BCUT2D eigenvalue weighted by molar-refractivity contribution is 0.587. The van der Waals surface area contributed by atoms with Crippen LogP contribution in [0.15, 0.2) is 28.2 Å². The third-order valence-corrected chi connectivity index (χ3v) is 3.94. The number of rotatable bonds is 4. The maximum atomic E-state index is 4.62. The number of nitrogens with zero attached hydrogens (tertiary/aromatic N) is 2. The van der Waals surface area contributed by atoms with Gasteiger partial charge in [-0.2, -0.15) is 0 Å². The fourth-order valence-corrected chi connectivity index (χ4v) is 3.04. The molecule has 0 radical (unpaired) electrons. The number of pyridine rings is 1. The molecule has 2 aromatic rings. The Labute approximate surface area is 113 Å². The molecule has 3 nitrogen and oxygen atoms in total. The zero-order chi connectivity index (χ0) is 12.3. The molecule has 17 heavy (non-hydrogen) atoms. The van der Waals surface area contributed by atoms with Crippen molar-refractivity contribution in [3.8, 4) is 10.7 Å². The fraction of sp³-hybridized carbons (Fsp3) is 0.333. The number of hydrogen-bond donors (Lipinski definition) is 1. The summed E-state index contributed by atoms with van der Waals surface area (Å²) >= 11 is 5.13. The van der Waals surface area contributed by atoms with Gasteiger partial charge >= 0.3 is 0 Å². The molecule has 0 aliphatic rings. The molecule has 0 saturated heterocycles. The second-order valence-electron chi connectivity index (χ2n) is 3.69. The van der Waals surface area contributed by atoms with Crippen LogP contribution in [-0.2, 0) is 0 Å². The van der Waals surface area contributed by atoms with Crippen molar-refractivity contribution in [2.24, 2.45) is 0 Å². The maximum absolute atomic E-state index is 4.62. The van der Waals surface area contributed by atoms with Crippen molar-refractivity contribution < 1.29 is 0 Å². The Morgan fingerprint density at radius 2 is 2.35 bits per heavy atom. The highest BCUT2D eigenvalue weighted by molar-refractivity contribution is 9.10. The molecule has 1 atom stereocenters. The summed E-state index contributed by atoms with van der Waals surface area (Å²) in [6, 6.07) is 4.17. The summed E-state index contributed by atoms with van der Waals surface area (Å²) in [7, 11) is 0. The van der Waals surface area contributed by atoms with Gasteiger partial charge < -0.3 is 5.32 Å². The van der Waals surface area contributed by atoms with Gasteiger partial charge in [0.25, 0.3) is 0 Å². The molecule has 0 aliphatic carbocycles. The largest absolute Gasteiger partial charge is 0.309 e. The minimum Gasteiger partial charge on any atom is -0.309 e. The smallest absolute Gasteiger partial charge is 0.143 e. The summed E-state index contributed by atoms with van der Waals surface area (Å²) in [5, 5.41) is 6.40. The van der Waals surface area contributed by atoms with E-state index in [4.69, 9.17) is 0 Å². The summed E-state index contributed by atoms with van der Waals surface area (Å²) in [6.07, 6.45) is 1.79. The molecular formula is C12H14BrN3S. The Hall–Kier alpha value is -0.780. The molecule has 0 amide bonds. The van der Waals surface area contributed by atoms with Gasteiger partial charge in [-0.1, -0.05) is 6.92 Å². The van der Waals surface area contributed by atoms with Crippen molar-refractivity contribution in [3.05, 3.63) is 33.9 Å². The van der Waals surface area contributed by atoms with Gasteiger partial charge in [-0.3, -0.25) is 4.98 Å². The summed E-state index contributed by atoms with van der Waals surface area (Å²) in [6.45, 7) is 5.16. The Kier molecular flexibility index (Phi) is 4.25. The summed E-state index contributed by atoms with van der Waals surface area (Å²) in [5.74, 6) is 0. The first-order chi connectivity index (χ1) is 8.22. The van der Waals surface area contributed by atoms with Crippen LogP contribution in [0.2, 0.25) is 0 Å². The predicted molar refractivity (Wildman–Crippen MR) is 75.1 cm³/mol. The molecule has 90 valence electrons. The molecule has 2 heterocycles. The predicted octanol–water partition coefficient (Wildman–Crippen LogP) is 3.64. The van der Waals surface area contributed by atoms with Crippen molar-refractivity contribution in [1.29, 1.82) is 0 Å². The van der Waals surface area contributed by atoms with E-state index in [0.29, 0.717) is 0 Å². The SMILES string of the molecule is CCNC(C)c1csc(-c2ncccc2Br)n1. The van der Waals surface area contributed by atoms with Crippen molar-refractivity contribution >= 4 is 27.3 Å². The minimum atomic E-state index is 0.285. The van der Waals surface area contributed by atoms with Gasteiger partial charge in [0.15, 0.2) is 0 Å². The first-order valence-corrected chi connectivity index (χ1v) is 7.19. The van der Waals surface area contributed by atoms with Crippen molar-refractivity contribution in [1.82, 2.24) is 15.3 Å². The molecule has 2 aromatic heterocycles. The monoisotopic (exact) mass is 311 g/mol. The highest BCUT2D eigenvalue weighted by Crippen LogP contribution is 2.29. The van der Waals surface area contributed by atoms with Gasteiger partial charge in [0, 0.05) is 22.1 Å². The van der Waals surface area contributed by atoms with Gasteiger partial charge in [0.1, 0.15) is 10.7 Å². The van der Waals surface area contributed by atoms with E-state index >= 15 is 0 Å². The van der Waals surface area contributed by atoms with E-state index in [0.717, 1.165) is 27.4 Å². The summed E-state index contributed by atoms with van der Waals surface area (Å²) < 4.78 is 0.983. The average molecular weight is 312 g/mol. The Bertz CT molecular complexity index is 498. The highest BCUT2D eigenvalue weighted by Gasteiger charge is 2.12. The number of thiazole rings is 1. The number of halogens is 1. The zero-order valence-electron chi connectivity index (χ0n) is 9.77. The first-order valence-electron chi connectivity index (χ1n) is 5.52. The maximum Gasteiger partial charge on any atom is 0.143 e. The molecule has 0 aliphatic heterocycles. The molecule has 0 bridgehead atoms. The molecule has 2 rings (SSSR count). The van der Waals surface area contributed by atoms with Crippen LogP contribution in [-0.4, -0.2) is 16.5 Å². The third kappa shape index (κ3) is 2.91. The van der Waals surface area contributed by atoms with E-state index < -0.39 is 0 Å². The van der Waals surface area contributed by atoms with E-state index in [9.17, 15) is 0 Å². The molecular weight excluding hydrogens is 298 g/mol. The van der Waals surface area contributed by atoms with E-state index in [1.54, 1.807) is 17.5 Å². The second-order valence-corrected chi connectivity index (χ2v) is 5.40. The van der Waals surface area contributed by atoms with Crippen LogP contribution in [0.1, 0.15) is 25.6 Å². The lowest BCUT2D eigenvalue weighted by Gasteiger charge is -2.08. The molecule has 0 aromatic carbocycles. The van der Waals surface area contributed by atoms with Gasteiger partial charge in [-0.25, -0.2) is 4.98 Å². The fourth-order valence-electron chi connectivity index (χ4n) is 1.55. The van der Waals surface area contributed by atoms with E-state index in [-0.39, 0.29) is 6.04 Å². The second kappa shape index (κ2) is 5.71. The van der Waals surface area contributed by atoms with Crippen LogP contribution in [0.25, 0.3) is 10.7 Å². The van der Waals surface area contributed by atoms with E-state index in [1.165, 1.54) is 0 Å². The molecule has 0 spiro atoms. The molecule has 0 fully saturated rings. The van der Waals surface area contributed by atoms with Gasteiger partial charge in [0.05, 0.1) is 5.69 Å². The number of aromatic nitrogens is 2. The van der Waals surface area contributed by atoms with Crippen LogP contribution < -0.4 is 5.32 Å². The normalized spacial score (nSPS) is 12.6. The zero-order valence-corrected chi connectivity index (χ0v) is 12.2. The van der Waals surface area contributed by atoms with Crippen LogP contribution in [0, 0.1) is 0 Å². The molecule has 1 N–H and O–H groups in total. The van der Waals surface area contributed by atoms with Gasteiger partial charge in [-0.15, -0.1) is 11.3 Å². The molecule has 0 saturated carbocycles. The van der Waals surface area contributed by atoms with Crippen LogP contribution in [0.3, 0.4) is 0 Å². The van der Waals surface area contributed by atoms with Crippen molar-refractivity contribution in [2.45, 2.75) is 19.9 Å². The first kappa shape index (κ1) is 12.7. The number of hydrogen-bond acceptors (Lipinski definition) is 4.